The first-order chi connectivity index (χ1) is 27.8. The highest BCUT2D eigenvalue weighted by atomic mass is 35.5. The number of rotatable bonds is 16. The van der Waals surface area contributed by atoms with Crippen molar-refractivity contribution in [3.05, 3.63) is 41.4 Å². The van der Waals surface area contributed by atoms with Crippen LogP contribution in [0.5, 0.6) is 0 Å². The van der Waals surface area contributed by atoms with E-state index in [4.69, 9.17) is 46.4 Å². The molecule has 2 saturated heterocycles. The maximum atomic E-state index is 14.0. The van der Waals surface area contributed by atoms with Gasteiger partial charge in [0.2, 0.25) is 17.0 Å². The van der Waals surface area contributed by atoms with E-state index < -0.39 is 66.5 Å². The largest absolute Gasteiger partial charge is 0.463 e. The van der Waals surface area contributed by atoms with Crippen LogP contribution in [0.2, 0.25) is 5.28 Å². The molecular weight excluding hydrogens is 778 g/mol. The minimum atomic E-state index is -2.45. The lowest BCUT2D eigenvalue weighted by Gasteiger charge is -2.35. The zero-order valence-electron chi connectivity index (χ0n) is 32.9. The van der Waals surface area contributed by atoms with Crippen molar-refractivity contribution in [3.8, 4) is 12.3 Å². The molecule has 0 radical (unpaired) electrons. The summed E-state index contributed by atoms with van der Waals surface area (Å²) in [5.74, 6) is -0.508. The Balaban J connectivity index is 1.38. The number of nitrogens with one attached hydrogen (secondary N) is 1. The number of halogens is 1. The smallest absolute Gasteiger partial charge is 0.350 e. The highest BCUT2D eigenvalue weighted by Gasteiger charge is 2.63. The van der Waals surface area contributed by atoms with E-state index in [1.165, 1.54) is 10.9 Å². The molecule has 0 spiro atoms. The molecule has 3 aromatic rings. The first-order valence-electron chi connectivity index (χ1n) is 19.0. The van der Waals surface area contributed by atoms with Crippen molar-refractivity contribution in [1.82, 2.24) is 24.4 Å². The van der Waals surface area contributed by atoms with Crippen LogP contribution in [0.3, 0.4) is 0 Å². The minimum Gasteiger partial charge on any atom is -0.463 e. The van der Waals surface area contributed by atoms with Gasteiger partial charge < -0.3 is 38.6 Å². The molecule has 3 fully saturated rings. The van der Waals surface area contributed by atoms with E-state index in [-0.39, 0.29) is 30.2 Å². The van der Waals surface area contributed by atoms with Gasteiger partial charge >= 0.3 is 29.9 Å². The molecule has 2 aliphatic heterocycles. The Morgan fingerprint density at radius 2 is 1.74 bits per heavy atom. The normalized spacial score (nSPS) is 22.0. The van der Waals surface area contributed by atoms with E-state index in [0.717, 1.165) is 33.1 Å². The van der Waals surface area contributed by atoms with Crippen LogP contribution in [0.4, 0.5) is 16.3 Å². The van der Waals surface area contributed by atoms with Crippen LogP contribution in [0.15, 0.2) is 30.6 Å². The number of terminal acetylenes is 1. The molecule has 1 saturated carbocycles. The SMILES string of the molecule is C#C[C@@]1(OC(C)=O)[C@@H](COC(Cc2ccc(N3CCCN(C)C3=O)cc2)(C(=O)OCC)C(=O)OCC)O[C@@H](n2cnc3c(NCC4CC4)nc(Cl)nc32)[C@@H]1OC(C)=O. The van der Waals surface area contributed by atoms with Gasteiger partial charge in [0.15, 0.2) is 23.2 Å². The molecule has 3 aliphatic rings. The molecule has 6 rings (SSSR count). The molecule has 4 heterocycles. The van der Waals surface area contributed by atoms with Crippen molar-refractivity contribution in [2.24, 2.45) is 5.92 Å². The summed E-state index contributed by atoms with van der Waals surface area (Å²) in [6.45, 7) is 6.21. The summed E-state index contributed by atoms with van der Waals surface area (Å²) in [5, 5.41) is 3.14. The molecule has 2 amide bonds. The summed E-state index contributed by atoms with van der Waals surface area (Å²) < 4.78 is 36.6. The highest BCUT2D eigenvalue weighted by molar-refractivity contribution is 6.28. The fraction of sp³-hybridized carbons (Fsp3) is 0.538. The molecule has 1 aliphatic carbocycles. The zero-order valence-corrected chi connectivity index (χ0v) is 33.7. The first-order valence-corrected chi connectivity index (χ1v) is 19.4. The maximum absolute atomic E-state index is 14.0. The van der Waals surface area contributed by atoms with Gasteiger partial charge in [-0.15, -0.1) is 6.42 Å². The van der Waals surface area contributed by atoms with E-state index >= 15 is 0 Å². The van der Waals surface area contributed by atoms with E-state index in [2.05, 4.69) is 26.2 Å². The van der Waals surface area contributed by atoms with Gasteiger partial charge in [-0.1, -0.05) is 18.1 Å². The van der Waals surface area contributed by atoms with Crippen molar-refractivity contribution in [2.75, 3.05) is 56.7 Å². The number of hydrogen-bond acceptors (Lipinski definition) is 15. The fourth-order valence-corrected chi connectivity index (χ4v) is 7.22. The third kappa shape index (κ3) is 8.52. The second-order valence-corrected chi connectivity index (χ2v) is 14.5. The number of nitrogens with zero attached hydrogens (tertiary/aromatic N) is 6. The van der Waals surface area contributed by atoms with Gasteiger partial charge in [-0.25, -0.2) is 19.4 Å². The Morgan fingerprint density at radius 3 is 2.34 bits per heavy atom. The van der Waals surface area contributed by atoms with Gasteiger partial charge in [0.25, 0.3) is 5.60 Å². The van der Waals surface area contributed by atoms with Crippen LogP contribution in [-0.2, 0) is 54.0 Å². The number of fused-ring (bicyclic) bond motifs is 1. The lowest BCUT2D eigenvalue weighted by molar-refractivity contribution is -0.200. The van der Waals surface area contributed by atoms with E-state index in [0.29, 0.717) is 48.1 Å². The third-order valence-electron chi connectivity index (χ3n) is 10.0. The van der Waals surface area contributed by atoms with Gasteiger partial charge in [-0.05, 0) is 68.3 Å². The Bertz CT molecular complexity index is 2070. The molecular formula is C39H46ClN7O11. The number of imidazole rings is 1. The number of ether oxygens (including phenoxy) is 6. The monoisotopic (exact) mass is 823 g/mol. The number of aromatic nitrogens is 4. The van der Waals surface area contributed by atoms with Crippen molar-refractivity contribution in [2.45, 2.75) is 83.0 Å². The number of carbonyl (C=O) groups excluding carboxylic acids is 5. The molecule has 19 heteroatoms. The standard InChI is InChI=1S/C39H46ClN7O11/c1-7-38(58-24(5)49)28(57-33(30(38)56-23(4)48)47-22-42-29-31(41-20-26-11-12-26)43-36(40)44-32(29)47)21-55-39(34(50)53-8-2,35(51)54-9-3)19-25-13-15-27(16-14-25)46-18-10-17-45(6)37(46)52/h1,13-16,22,26,28,30,33H,8-12,17-21H2,2-6H3,(H,41,43,44)/t28-,30+,33-,38-/m1/s1. The molecule has 18 nitrogen and oxygen atoms in total. The topological polar surface area (TPSA) is 203 Å². The Kier molecular flexibility index (Phi) is 12.7. The second kappa shape index (κ2) is 17.5. The molecule has 0 unspecified atom stereocenters. The number of urea groups is 1. The average molecular weight is 824 g/mol. The maximum Gasteiger partial charge on any atom is 0.350 e. The molecule has 4 atom stereocenters. The van der Waals surface area contributed by atoms with Crippen molar-refractivity contribution < 1.29 is 52.4 Å². The average Bonchev–Trinajstić information content (AvgIpc) is 3.86. The summed E-state index contributed by atoms with van der Waals surface area (Å²) in [6.07, 6.45) is 5.62. The lowest BCUT2D eigenvalue weighted by Crippen LogP contribution is -2.57. The van der Waals surface area contributed by atoms with Crippen LogP contribution in [0.1, 0.15) is 58.7 Å². The molecule has 58 heavy (non-hydrogen) atoms. The summed E-state index contributed by atoms with van der Waals surface area (Å²) in [4.78, 5) is 82.7. The molecule has 2 aromatic heterocycles. The van der Waals surface area contributed by atoms with Crippen LogP contribution < -0.4 is 10.2 Å². The Morgan fingerprint density at radius 1 is 1.05 bits per heavy atom. The predicted octanol–water partition coefficient (Wildman–Crippen LogP) is 3.45. The van der Waals surface area contributed by atoms with E-state index in [1.54, 1.807) is 55.0 Å². The van der Waals surface area contributed by atoms with E-state index in [9.17, 15) is 24.0 Å². The number of carbonyl (C=O) groups is 5. The van der Waals surface area contributed by atoms with E-state index in [1.807, 2.05) is 0 Å². The van der Waals surface area contributed by atoms with Crippen LogP contribution >= 0.6 is 11.6 Å². The molecule has 0 bridgehead atoms. The summed E-state index contributed by atoms with van der Waals surface area (Å²) in [5.41, 5.74) is -3.10. The van der Waals surface area contributed by atoms with Gasteiger partial charge in [-0.2, -0.15) is 9.97 Å². The number of amides is 2. The predicted molar refractivity (Wildman–Crippen MR) is 206 cm³/mol. The Labute approximate surface area is 339 Å². The van der Waals surface area contributed by atoms with Crippen molar-refractivity contribution in [3.63, 3.8) is 0 Å². The summed E-state index contributed by atoms with van der Waals surface area (Å²) >= 11 is 6.37. The van der Waals surface area contributed by atoms with Crippen molar-refractivity contribution >= 4 is 64.2 Å². The number of esters is 4. The van der Waals surface area contributed by atoms with Crippen molar-refractivity contribution in [1.29, 1.82) is 0 Å². The summed E-state index contributed by atoms with van der Waals surface area (Å²) in [6, 6.07) is 6.55. The van der Waals surface area contributed by atoms with Gasteiger partial charge in [-0.3, -0.25) is 19.1 Å². The number of hydrogen-bond donors (Lipinski definition) is 1. The number of anilines is 2. The third-order valence-corrected chi connectivity index (χ3v) is 10.2. The quantitative estimate of drug-likeness (QED) is 0.0723. The zero-order chi connectivity index (χ0) is 41.8. The molecule has 1 aromatic carbocycles. The highest BCUT2D eigenvalue weighted by Crippen LogP contribution is 2.44. The second-order valence-electron chi connectivity index (χ2n) is 14.2. The number of benzene rings is 1. The van der Waals surface area contributed by atoms with Gasteiger partial charge in [0.1, 0.15) is 6.10 Å². The van der Waals surface area contributed by atoms with Gasteiger partial charge in [0.05, 0.1) is 26.1 Å². The summed E-state index contributed by atoms with van der Waals surface area (Å²) in [7, 11) is 1.72. The van der Waals surface area contributed by atoms with Crippen LogP contribution in [-0.4, -0.2) is 124 Å². The first kappa shape index (κ1) is 42.1. The molecule has 310 valence electrons. The van der Waals surface area contributed by atoms with Gasteiger partial charge in [0, 0.05) is 52.6 Å². The van der Waals surface area contributed by atoms with Crippen LogP contribution in [0.25, 0.3) is 11.2 Å². The minimum absolute atomic E-state index is 0.116. The molecule has 1 N–H and O–H groups in total. The lowest BCUT2D eigenvalue weighted by atomic mass is 9.91. The fourth-order valence-electron chi connectivity index (χ4n) is 7.06. The van der Waals surface area contributed by atoms with Crippen LogP contribution in [0, 0.1) is 18.3 Å². The Hall–Kier alpha value is -5.51.